The van der Waals surface area contributed by atoms with Gasteiger partial charge in [-0.05, 0) is 59.1 Å². The molecule has 36 heavy (non-hydrogen) atoms. The van der Waals surface area contributed by atoms with Gasteiger partial charge < -0.3 is 14.2 Å². The molecule has 0 radical (unpaired) electrons. The lowest BCUT2D eigenvalue weighted by molar-refractivity contribution is -0.139. The number of ether oxygens (including phenoxy) is 3. The summed E-state index contributed by atoms with van der Waals surface area (Å²) in [6.07, 6.45) is 3.43. The number of allylic oxidation sites excluding steroid dienone is 1. The summed E-state index contributed by atoms with van der Waals surface area (Å²) < 4.78 is 19.3. The maximum absolute atomic E-state index is 13.7. The Kier molecular flexibility index (Phi) is 7.91. The normalized spacial score (nSPS) is 15.2. The molecule has 0 spiro atoms. The molecule has 1 aliphatic heterocycles. The van der Waals surface area contributed by atoms with Gasteiger partial charge >= 0.3 is 5.97 Å². The van der Waals surface area contributed by atoms with Crippen molar-refractivity contribution in [3.8, 4) is 11.5 Å². The predicted molar refractivity (Wildman–Crippen MR) is 143 cm³/mol. The fraction of sp³-hybridized carbons (Fsp3) is 0.222. The SMILES string of the molecule is C=CCOc1c(Br)cc(/C=c2\sc3n(c2=O)C(c2ccccc2)C(C(=O)OCC)=C(C)N=3)cc1OC. The molecule has 0 amide bonds. The zero-order chi connectivity index (χ0) is 25.8. The van der Waals surface area contributed by atoms with Crippen molar-refractivity contribution in [1.82, 2.24) is 4.57 Å². The van der Waals surface area contributed by atoms with Gasteiger partial charge in [-0.3, -0.25) is 9.36 Å². The van der Waals surface area contributed by atoms with E-state index in [9.17, 15) is 9.59 Å². The van der Waals surface area contributed by atoms with Crippen molar-refractivity contribution in [3.63, 3.8) is 0 Å². The van der Waals surface area contributed by atoms with Gasteiger partial charge in [0.05, 0.1) is 40.0 Å². The molecule has 0 aliphatic carbocycles. The Hall–Kier alpha value is -3.43. The van der Waals surface area contributed by atoms with Crippen molar-refractivity contribution in [2.24, 2.45) is 4.99 Å². The smallest absolute Gasteiger partial charge is 0.338 e. The van der Waals surface area contributed by atoms with Crippen molar-refractivity contribution >= 4 is 39.3 Å². The number of fused-ring (bicyclic) bond motifs is 1. The number of benzene rings is 2. The average Bonchev–Trinajstić information content (AvgIpc) is 3.17. The second-order valence-electron chi connectivity index (χ2n) is 7.85. The first-order chi connectivity index (χ1) is 17.4. The molecule has 0 fully saturated rings. The highest BCUT2D eigenvalue weighted by Crippen LogP contribution is 2.37. The number of aromatic nitrogens is 1. The Balaban J connectivity index is 1.89. The van der Waals surface area contributed by atoms with Gasteiger partial charge in [-0.15, -0.1) is 0 Å². The fourth-order valence-electron chi connectivity index (χ4n) is 4.00. The Morgan fingerprint density at radius 3 is 2.69 bits per heavy atom. The summed E-state index contributed by atoms with van der Waals surface area (Å²) in [5, 5.41) is 0. The number of methoxy groups -OCH3 is 1. The lowest BCUT2D eigenvalue weighted by Crippen LogP contribution is -2.39. The predicted octanol–water partition coefficient (Wildman–Crippen LogP) is 4.13. The highest BCUT2D eigenvalue weighted by Gasteiger charge is 2.33. The van der Waals surface area contributed by atoms with Crippen LogP contribution in [0.15, 0.2) is 80.6 Å². The van der Waals surface area contributed by atoms with Crippen molar-refractivity contribution in [2.45, 2.75) is 19.9 Å². The Morgan fingerprint density at radius 1 is 1.28 bits per heavy atom. The molecule has 9 heteroatoms. The molecule has 1 aromatic heterocycles. The van der Waals surface area contributed by atoms with Gasteiger partial charge in [-0.1, -0.05) is 54.3 Å². The van der Waals surface area contributed by atoms with Crippen LogP contribution >= 0.6 is 27.3 Å². The van der Waals surface area contributed by atoms with Crippen LogP contribution in [0.25, 0.3) is 6.08 Å². The molecular weight excluding hydrogens is 544 g/mol. The quantitative estimate of drug-likeness (QED) is 0.301. The van der Waals surface area contributed by atoms with Gasteiger partial charge in [-0.25, -0.2) is 9.79 Å². The van der Waals surface area contributed by atoms with Gasteiger partial charge in [0.25, 0.3) is 5.56 Å². The van der Waals surface area contributed by atoms with E-state index in [1.54, 1.807) is 43.7 Å². The lowest BCUT2D eigenvalue weighted by Gasteiger charge is -2.24. The van der Waals surface area contributed by atoms with Crippen LogP contribution in [0.5, 0.6) is 11.5 Å². The highest BCUT2D eigenvalue weighted by molar-refractivity contribution is 9.10. The number of esters is 1. The van der Waals surface area contributed by atoms with E-state index in [1.165, 1.54) is 11.3 Å². The number of carbonyl (C=O) groups excluding carboxylic acids is 1. The van der Waals surface area contributed by atoms with Crippen molar-refractivity contribution in [2.75, 3.05) is 20.3 Å². The lowest BCUT2D eigenvalue weighted by atomic mass is 9.96. The Labute approximate surface area is 220 Å². The van der Waals surface area contributed by atoms with Crippen LogP contribution in [0.2, 0.25) is 0 Å². The van der Waals surface area contributed by atoms with Gasteiger partial charge in [0.1, 0.15) is 6.61 Å². The van der Waals surface area contributed by atoms with Crippen LogP contribution in [0, 0.1) is 0 Å². The maximum atomic E-state index is 13.7. The van der Waals surface area contributed by atoms with Crippen molar-refractivity contribution in [1.29, 1.82) is 0 Å². The van der Waals surface area contributed by atoms with Crippen LogP contribution in [-0.4, -0.2) is 30.9 Å². The zero-order valence-electron chi connectivity index (χ0n) is 20.1. The molecule has 0 N–H and O–H groups in total. The minimum absolute atomic E-state index is 0.227. The molecule has 186 valence electrons. The third-order valence-corrected chi connectivity index (χ3v) is 7.10. The molecule has 2 aromatic carbocycles. The number of thiazole rings is 1. The monoisotopic (exact) mass is 568 g/mol. The van der Waals surface area contributed by atoms with E-state index >= 15 is 0 Å². The van der Waals surface area contributed by atoms with Crippen LogP contribution in [0.3, 0.4) is 0 Å². The minimum Gasteiger partial charge on any atom is -0.493 e. The Morgan fingerprint density at radius 2 is 2.03 bits per heavy atom. The third kappa shape index (κ3) is 4.94. The van der Waals surface area contributed by atoms with E-state index in [1.807, 2.05) is 36.4 Å². The molecule has 1 unspecified atom stereocenters. The maximum Gasteiger partial charge on any atom is 0.338 e. The van der Waals surface area contributed by atoms with Crippen molar-refractivity contribution < 1.29 is 19.0 Å². The number of hydrogen-bond acceptors (Lipinski definition) is 7. The van der Waals surface area contributed by atoms with E-state index in [2.05, 4.69) is 27.5 Å². The molecule has 1 atom stereocenters. The highest BCUT2D eigenvalue weighted by atomic mass is 79.9. The molecule has 0 saturated carbocycles. The van der Waals surface area contributed by atoms with E-state index in [0.29, 0.717) is 43.2 Å². The number of halogens is 1. The first kappa shape index (κ1) is 25.7. The zero-order valence-corrected chi connectivity index (χ0v) is 22.5. The van der Waals surface area contributed by atoms with E-state index in [4.69, 9.17) is 14.2 Å². The van der Waals surface area contributed by atoms with E-state index in [0.717, 1.165) is 11.1 Å². The largest absolute Gasteiger partial charge is 0.493 e. The first-order valence-electron chi connectivity index (χ1n) is 11.2. The van der Waals surface area contributed by atoms with Crippen molar-refractivity contribution in [3.05, 3.63) is 102 Å². The molecule has 2 heterocycles. The second-order valence-corrected chi connectivity index (χ2v) is 9.71. The van der Waals surface area contributed by atoms with Crippen LogP contribution in [0.4, 0.5) is 0 Å². The van der Waals surface area contributed by atoms with Gasteiger partial charge in [0, 0.05) is 0 Å². The van der Waals surface area contributed by atoms with Gasteiger partial charge in [-0.2, -0.15) is 0 Å². The topological polar surface area (TPSA) is 79.1 Å². The molecule has 1 aliphatic rings. The van der Waals surface area contributed by atoms with E-state index < -0.39 is 12.0 Å². The van der Waals surface area contributed by atoms with Crippen LogP contribution in [-0.2, 0) is 9.53 Å². The number of carbonyl (C=O) groups is 1. The second kappa shape index (κ2) is 11.1. The molecule has 4 rings (SSSR count). The fourth-order valence-corrected chi connectivity index (χ4v) is 5.62. The number of nitrogens with zero attached hydrogens (tertiary/aromatic N) is 2. The van der Waals surface area contributed by atoms with Crippen LogP contribution < -0.4 is 24.4 Å². The summed E-state index contributed by atoms with van der Waals surface area (Å²) in [6, 6.07) is 12.4. The molecular formula is C27H25BrN2O5S. The van der Waals surface area contributed by atoms with Crippen LogP contribution in [0.1, 0.15) is 31.0 Å². The summed E-state index contributed by atoms with van der Waals surface area (Å²) in [5.41, 5.74) is 2.19. The van der Waals surface area contributed by atoms with E-state index in [-0.39, 0.29) is 12.2 Å². The average molecular weight is 569 g/mol. The molecule has 7 nitrogen and oxygen atoms in total. The summed E-state index contributed by atoms with van der Waals surface area (Å²) in [6.45, 7) is 7.74. The third-order valence-electron chi connectivity index (χ3n) is 5.53. The van der Waals surface area contributed by atoms with Gasteiger partial charge in [0.2, 0.25) is 0 Å². The molecule has 3 aromatic rings. The summed E-state index contributed by atoms with van der Waals surface area (Å²) in [5.74, 6) is 0.591. The van der Waals surface area contributed by atoms with Gasteiger partial charge in [0.15, 0.2) is 16.3 Å². The first-order valence-corrected chi connectivity index (χ1v) is 12.9. The Bertz CT molecular complexity index is 1520. The summed E-state index contributed by atoms with van der Waals surface area (Å²) in [4.78, 5) is 31.8. The molecule has 0 saturated heterocycles. The molecule has 0 bridgehead atoms. The summed E-state index contributed by atoms with van der Waals surface area (Å²) >= 11 is 4.79. The number of rotatable bonds is 8. The summed E-state index contributed by atoms with van der Waals surface area (Å²) in [7, 11) is 1.56. The minimum atomic E-state index is -0.639. The standard InChI is InChI=1S/C27H25BrN2O5S/c1-5-12-35-24-19(28)13-17(14-20(24)33-4)15-21-25(31)30-23(18-10-8-7-9-11-18)22(26(32)34-6-2)16(3)29-27(30)36-21/h5,7-11,13-15,23H,1,6,12H2,2-4H3/b21-15-. The number of hydrogen-bond donors (Lipinski definition) is 0.